The Morgan fingerprint density at radius 2 is 1.95 bits per heavy atom. The maximum atomic E-state index is 12.2. The van der Waals surface area contributed by atoms with Gasteiger partial charge >= 0.3 is 5.97 Å². The molecule has 2 N–H and O–H groups in total. The van der Waals surface area contributed by atoms with Crippen molar-refractivity contribution in [3.8, 4) is 0 Å². The van der Waals surface area contributed by atoms with Gasteiger partial charge < -0.3 is 10.5 Å². The summed E-state index contributed by atoms with van der Waals surface area (Å²) in [6.45, 7) is 0. The van der Waals surface area contributed by atoms with Crippen LogP contribution in [0.25, 0.3) is 0 Å². The molecule has 0 aromatic heterocycles. The predicted octanol–water partition coefficient (Wildman–Crippen LogP) is 4.42. The van der Waals surface area contributed by atoms with E-state index in [1.807, 2.05) is 18.2 Å². The molecule has 0 fully saturated rings. The van der Waals surface area contributed by atoms with Gasteiger partial charge in [-0.25, -0.2) is 4.79 Å². The second-order valence-electron chi connectivity index (χ2n) is 5.02. The zero-order chi connectivity index (χ0) is 15.0. The van der Waals surface area contributed by atoms with Crippen molar-refractivity contribution in [2.75, 3.05) is 5.73 Å². The van der Waals surface area contributed by atoms with Crippen LogP contribution in [0.1, 0.15) is 34.0 Å². The minimum atomic E-state index is -0.408. The third kappa shape index (κ3) is 2.85. The predicted molar refractivity (Wildman–Crippen MR) is 83.8 cm³/mol. The molecule has 3 rings (SSSR count). The fourth-order valence-corrected chi connectivity index (χ4v) is 2.82. The summed E-state index contributed by atoms with van der Waals surface area (Å²) in [5.41, 5.74) is 9.03. The first-order valence-corrected chi connectivity index (χ1v) is 7.34. The van der Waals surface area contributed by atoms with Gasteiger partial charge in [-0.3, -0.25) is 0 Å². The average Bonchev–Trinajstić information content (AvgIpc) is 2.84. The number of rotatable bonds is 2. The standard InChI is InChI=1S/C16H13Cl2NO2/c17-13-5-2-10(7-14(13)18)16(20)21-15-6-3-9-1-4-11(19)8-12(9)15/h1-2,4-5,7-8,15H,3,6,19H2. The Labute approximate surface area is 132 Å². The second-order valence-corrected chi connectivity index (χ2v) is 5.83. The number of anilines is 1. The number of nitrogen functional groups attached to an aromatic ring is 1. The van der Waals surface area contributed by atoms with Crippen LogP contribution in [0.15, 0.2) is 36.4 Å². The normalized spacial score (nSPS) is 16.6. The molecular weight excluding hydrogens is 309 g/mol. The van der Waals surface area contributed by atoms with Gasteiger partial charge in [0.25, 0.3) is 0 Å². The molecule has 1 aliphatic rings. The quantitative estimate of drug-likeness (QED) is 0.658. The van der Waals surface area contributed by atoms with Crippen molar-refractivity contribution in [1.82, 2.24) is 0 Å². The number of fused-ring (bicyclic) bond motifs is 1. The minimum absolute atomic E-state index is 0.259. The van der Waals surface area contributed by atoms with E-state index in [0.717, 1.165) is 18.4 Å². The van der Waals surface area contributed by atoms with Gasteiger partial charge in [0.2, 0.25) is 0 Å². The molecular formula is C16H13Cl2NO2. The van der Waals surface area contributed by atoms with E-state index in [1.54, 1.807) is 12.1 Å². The molecule has 0 heterocycles. The molecule has 2 aromatic rings. The van der Waals surface area contributed by atoms with Gasteiger partial charge in [0.15, 0.2) is 0 Å². The van der Waals surface area contributed by atoms with Crippen molar-refractivity contribution in [3.63, 3.8) is 0 Å². The number of hydrogen-bond acceptors (Lipinski definition) is 3. The Hall–Kier alpha value is -1.71. The number of ether oxygens (including phenoxy) is 1. The molecule has 0 spiro atoms. The topological polar surface area (TPSA) is 52.3 Å². The van der Waals surface area contributed by atoms with Gasteiger partial charge in [0.05, 0.1) is 15.6 Å². The molecule has 1 unspecified atom stereocenters. The second kappa shape index (κ2) is 5.58. The Morgan fingerprint density at radius 3 is 2.71 bits per heavy atom. The maximum absolute atomic E-state index is 12.2. The Morgan fingerprint density at radius 1 is 1.14 bits per heavy atom. The van der Waals surface area contributed by atoms with Crippen LogP contribution < -0.4 is 5.73 Å². The van der Waals surface area contributed by atoms with Gasteiger partial charge in [0, 0.05) is 5.69 Å². The fraction of sp³-hybridized carbons (Fsp3) is 0.188. The van der Waals surface area contributed by atoms with Gasteiger partial charge in [-0.1, -0.05) is 29.3 Å². The van der Waals surface area contributed by atoms with Crippen LogP contribution in [0.3, 0.4) is 0 Å². The monoisotopic (exact) mass is 321 g/mol. The molecule has 0 saturated carbocycles. The highest BCUT2D eigenvalue weighted by Crippen LogP contribution is 2.36. The first-order chi connectivity index (χ1) is 10.0. The average molecular weight is 322 g/mol. The third-order valence-electron chi connectivity index (χ3n) is 3.60. The van der Waals surface area contributed by atoms with E-state index in [-0.39, 0.29) is 6.10 Å². The summed E-state index contributed by atoms with van der Waals surface area (Å²) in [6, 6.07) is 10.4. The van der Waals surface area contributed by atoms with E-state index in [9.17, 15) is 4.79 Å². The zero-order valence-corrected chi connectivity index (χ0v) is 12.6. The van der Waals surface area contributed by atoms with Crippen molar-refractivity contribution in [1.29, 1.82) is 0 Å². The molecule has 1 atom stereocenters. The van der Waals surface area contributed by atoms with Gasteiger partial charge in [-0.05, 0) is 54.3 Å². The number of carbonyl (C=O) groups is 1. The fourth-order valence-electron chi connectivity index (χ4n) is 2.53. The molecule has 0 amide bonds. The van der Waals surface area contributed by atoms with Crippen LogP contribution in [0.2, 0.25) is 10.0 Å². The third-order valence-corrected chi connectivity index (χ3v) is 4.34. The SMILES string of the molecule is Nc1ccc2c(c1)C(OC(=O)c1ccc(Cl)c(Cl)c1)CC2. The Bertz CT molecular complexity index is 715. The molecule has 0 radical (unpaired) electrons. The summed E-state index contributed by atoms with van der Waals surface area (Å²) < 4.78 is 5.58. The van der Waals surface area contributed by atoms with Gasteiger partial charge in [-0.15, -0.1) is 0 Å². The van der Waals surface area contributed by atoms with Crippen molar-refractivity contribution in [2.24, 2.45) is 0 Å². The van der Waals surface area contributed by atoms with E-state index in [4.69, 9.17) is 33.7 Å². The molecule has 21 heavy (non-hydrogen) atoms. The van der Waals surface area contributed by atoms with Gasteiger partial charge in [0.1, 0.15) is 6.10 Å². The summed E-state index contributed by atoms with van der Waals surface area (Å²) in [6.07, 6.45) is 1.39. The lowest BCUT2D eigenvalue weighted by atomic mass is 10.1. The molecule has 5 heteroatoms. The molecule has 108 valence electrons. The number of carbonyl (C=O) groups excluding carboxylic acids is 1. The van der Waals surface area contributed by atoms with E-state index in [2.05, 4.69) is 0 Å². The highest BCUT2D eigenvalue weighted by Gasteiger charge is 2.26. The van der Waals surface area contributed by atoms with Crippen LogP contribution in [-0.2, 0) is 11.2 Å². The number of aryl methyl sites for hydroxylation is 1. The summed E-state index contributed by atoms with van der Waals surface area (Å²) in [5, 5.41) is 0.745. The van der Waals surface area contributed by atoms with E-state index in [0.29, 0.717) is 21.3 Å². The summed E-state index contributed by atoms with van der Waals surface area (Å²) in [5.74, 6) is -0.408. The molecule has 0 bridgehead atoms. The molecule has 1 aliphatic carbocycles. The van der Waals surface area contributed by atoms with Crippen LogP contribution in [0, 0.1) is 0 Å². The lowest BCUT2D eigenvalue weighted by Gasteiger charge is -2.14. The van der Waals surface area contributed by atoms with Crippen LogP contribution >= 0.6 is 23.2 Å². The number of halogens is 2. The maximum Gasteiger partial charge on any atom is 0.338 e. The largest absolute Gasteiger partial charge is 0.454 e. The Balaban J connectivity index is 1.80. The van der Waals surface area contributed by atoms with Crippen LogP contribution in [-0.4, -0.2) is 5.97 Å². The van der Waals surface area contributed by atoms with Crippen LogP contribution in [0.5, 0.6) is 0 Å². The lowest BCUT2D eigenvalue weighted by Crippen LogP contribution is -2.09. The lowest BCUT2D eigenvalue weighted by molar-refractivity contribution is 0.0301. The number of esters is 1. The van der Waals surface area contributed by atoms with E-state index < -0.39 is 5.97 Å². The first-order valence-electron chi connectivity index (χ1n) is 6.59. The summed E-state index contributed by atoms with van der Waals surface area (Å²) >= 11 is 11.8. The first kappa shape index (κ1) is 14.2. The smallest absolute Gasteiger partial charge is 0.338 e. The molecule has 2 aromatic carbocycles. The highest BCUT2D eigenvalue weighted by molar-refractivity contribution is 6.42. The van der Waals surface area contributed by atoms with E-state index >= 15 is 0 Å². The minimum Gasteiger partial charge on any atom is -0.454 e. The van der Waals surface area contributed by atoms with Crippen molar-refractivity contribution < 1.29 is 9.53 Å². The molecule has 0 saturated heterocycles. The van der Waals surface area contributed by atoms with Crippen LogP contribution in [0.4, 0.5) is 5.69 Å². The van der Waals surface area contributed by atoms with Gasteiger partial charge in [-0.2, -0.15) is 0 Å². The Kier molecular flexibility index (Phi) is 3.79. The summed E-state index contributed by atoms with van der Waals surface area (Å²) in [7, 11) is 0. The van der Waals surface area contributed by atoms with E-state index in [1.165, 1.54) is 11.6 Å². The highest BCUT2D eigenvalue weighted by atomic mass is 35.5. The number of nitrogens with two attached hydrogens (primary N) is 1. The van der Waals surface area contributed by atoms with Crippen molar-refractivity contribution in [2.45, 2.75) is 18.9 Å². The van der Waals surface area contributed by atoms with Crippen molar-refractivity contribution >= 4 is 34.9 Å². The molecule has 3 nitrogen and oxygen atoms in total. The number of benzene rings is 2. The van der Waals surface area contributed by atoms with Crippen molar-refractivity contribution in [3.05, 3.63) is 63.1 Å². The number of hydrogen-bond donors (Lipinski definition) is 1. The molecule has 0 aliphatic heterocycles. The summed E-state index contributed by atoms with van der Waals surface area (Å²) in [4.78, 5) is 12.2. The zero-order valence-electron chi connectivity index (χ0n) is 11.1.